The molecule has 16 heavy (non-hydrogen) atoms. The minimum Gasteiger partial charge on any atom is -0.382 e. The Morgan fingerprint density at radius 3 is 2.81 bits per heavy atom. The van der Waals surface area contributed by atoms with Gasteiger partial charge in [0.25, 0.3) is 0 Å². The molecular formula is C10H20N2O2S2. The highest BCUT2D eigenvalue weighted by Crippen LogP contribution is 2.00. The van der Waals surface area contributed by atoms with Crippen LogP contribution in [0.3, 0.4) is 0 Å². The molecule has 4 nitrogen and oxygen atoms in total. The van der Waals surface area contributed by atoms with Crippen molar-refractivity contribution in [1.29, 1.82) is 0 Å². The van der Waals surface area contributed by atoms with Crippen LogP contribution < -0.4 is 5.32 Å². The van der Waals surface area contributed by atoms with Crippen LogP contribution in [0.5, 0.6) is 0 Å². The van der Waals surface area contributed by atoms with Gasteiger partial charge in [-0.05, 0) is 25.6 Å². The lowest BCUT2D eigenvalue weighted by Gasteiger charge is -2.28. The van der Waals surface area contributed by atoms with Crippen molar-refractivity contribution in [2.24, 2.45) is 0 Å². The van der Waals surface area contributed by atoms with Gasteiger partial charge in [0.15, 0.2) is 5.11 Å². The first-order valence-corrected chi connectivity index (χ1v) is 7.59. The van der Waals surface area contributed by atoms with Crippen LogP contribution in [-0.2, 0) is 15.5 Å². The number of hydrogen-bond acceptors (Lipinski definition) is 3. The monoisotopic (exact) mass is 264 g/mol. The maximum absolute atomic E-state index is 11.2. The lowest BCUT2D eigenvalue weighted by Crippen LogP contribution is -2.47. The number of hydrogen-bond donors (Lipinski definition) is 1. The zero-order valence-electron chi connectivity index (χ0n) is 9.74. The van der Waals surface area contributed by atoms with Gasteiger partial charge >= 0.3 is 0 Å². The van der Waals surface area contributed by atoms with E-state index < -0.39 is 10.8 Å². The first kappa shape index (κ1) is 13.9. The van der Waals surface area contributed by atoms with Crippen molar-refractivity contribution in [2.75, 3.05) is 44.4 Å². The van der Waals surface area contributed by atoms with Crippen LogP contribution in [0.2, 0.25) is 0 Å². The topological polar surface area (TPSA) is 41.6 Å². The quantitative estimate of drug-likeness (QED) is 0.573. The summed E-state index contributed by atoms with van der Waals surface area (Å²) < 4.78 is 16.4. The van der Waals surface area contributed by atoms with Gasteiger partial charge in [-0.25, -0.2) is 0 Å². The molecule has 1 saturated heterocycles. The Balaban J connectivity index is 2.08. The van der Waals surface area contributed by atoms with Crippen LogP contribution >= 0.6 is 12.2 Å². The second kappa shape index (κ2) is 7.97. The molecule has 0 aromatic heterocycles. The van der Waals surface area contributed by atoms with E-state index in [-0.39, 0.29) is 0 Å². The highest BCUT2D eigenvalue weighted by Gasteiger charge is 2.16. The van der Waals surface area contributed by atoms with Gasteiger partial charge in [-0.3, -0.25) is 4.21 Å². The number of thiocarbonyl (C=S) groups is 1. The first-order chi connectivity index (χ1) is 7.74. The van der Waals surface area contributed by atoms with Gasteiger partial charge in [0.05, 0.1) is 0 Å². The minimum absolute atomic E-state index is 0.637. The molecule has 0 aliphatic carbocycles. The molecule has 0 amide bonds. The van der Waals surface area contributed by atoms with Crippen molar-refractivity contribution in [1.82, 2.24) is 10.2 Å². The molecule has 0 aromatic carbocycles. The van der Waals surface area contributed by atoms with E-state index in [2.05, 4.69) is 10.2 Å². The lowest BCUT2D eigenvalue weighted by atomic mass is 10.4. The highest BCUT2D eigenvalue weighted by molar-refractivity contribution is 7.85. The molecule has 6 heteroatoms. The predicted molar refractivity (Wildman–Crippen MR) is 71.2 cm³/mol. The second-order valence-electron chi connectivity index (χ2n) is 3.62. The summed E-state index contributed by atoms with van der Waals surface area (Å²) in [5.74, 6) is 1.47. The number of nitrogens with zero attached hydrogens (tertiary/aromatic N) is 1. The fourth-order valence-electron chi connectivity index (χ4n) is 1.47. The summed E-state index contributed by atoms with van der Waals surface area (Å²) >= 11 is 5.27. The van der Waals surface area contributed by atoms with Crippen molar-refractivity contribution >= 4 is 28.1 Å². The molecule has 94 valence electrons. The third-order valence-corrected chi connectivity index (χ3v) is 4.09. The van der Waals surface area contributed by atoms with Crippen molar-refractivity contribution in [3.8, 4) is 0 Å². The van der Waals surface area contributed by atoms with Crippen LogP contribution in [0.15, 0.2) is 0 Å². The summed E-state index contributed by atoms with van der Waals surface area (Å²) in [6.45, 7) is 6.00. The summed E-state index contributed by atoms with van der Waals surface area (Å²) in [7, 11) is -0.637. The van der Waals surface area contributed by atoms with Gasteiger partial charge in [-0.15, -0.1) is 0 Å². The van der Waals surface area contributed by atoms with E-state index in [0.29, 0.717) is 0 Å². The van der Waals surface area contributed by atoms with E-state index in [4.69, 9.17) is 17.0 Å². The Bertz CT molecular complexity index is 239. The third-order valence-electron chi connectivity index (χ3n) is 2.41. The summed E-state index contributed by atoms with van der Waals surface area (Å²) in [4.78, 5) is 2.09. The molecule has 0 unspecified atom stereocenters. The Kier molecular flexibility index (Phi) is 6.91. The first-order valence-electron chi connectivity index (χ1n) is 5.69. The van der Waals surface area contributed by atoms with E-state index in [9.17, 15) is 4.21 Å². The predicted octanol–water partition coefficient (Wildman–Crippen LogP) is 0.352. The maximum Gasteiger partial charge on any atom is 0.168 e. The van der Waals surface area contributed by atoms with E-state index in [1.165, 1.54) is 0 Å². The molecule has 1 rings (SSSR count). The summed E-state index contributed by atoms with van der Waals surface area (Å²) in [6, 6.07) is 0. The largest absolute Gasteiger partial charge is 0.382 e. The fraction of sp³-hybridized carbons (Fsp3) is 0.900. The van der Waals surface area contributed by atoms with E-state index in [0.717, 1.165) is 55.9 Å². The van der Waals surface area contributed by atoms with Crippen LogP contribution in [0.25, 0.3) is 0 Å². The fourth-order valence-corrected chi connectivity index (χ4v) is 2.80. The lowest BCUT2D eigenvalue weighted by molar-refractivity contribution is 0.145. The van der Waals surface area contributed by atoms with Crippen LogP contribution in [0.4, 0.5) is 0 Å². The van der Waals surface area contributed by atoms with Crippen LogP contribution in [0, 0.1) is 0 Å². The molecule has 1 aliphatic rings. The summed E-state index contributed by atoms with van der Waals surface area (Å²) in [6.07, 6.45) is 0.966. The van der Waals surface area contributed by atoms with Gasteiger partial charge in [0, 0.05) is 55.2 Å². The second-order valence-corrected chi connectivity index (χ2v) is 5.70. The Hall–Kier alpha value is -0.200. The molecule has 0 aromatic rings. The third kappa shape index (κ3) is 5.23. The normalized spacial score (nSPS) is 17.4. The zero-order chi connectivity index (χ0) is 11.8. The van der Waals surface area contributed by atoms with Gasteiger partial charge < -0.3 is 15.0 Å². The average molecular weight is 264 g/mol. The van der Waals surface area contributed by atoms with Crippen molar-refractivity contribution in [3.05, 3.63) is 0 Å². The SMILES string of the molecule is CCOCCCNC(=S)N1CCS(=O)CC1. The molecular weight excluding hydrogens is 244 g/mol. The van der Waals surface area contributed by atoms with Gasteiger partial charge in [-0.2, -0.15) is 0 Å². The Morgan fingerprint density at radius 1 is 1.50 bits per heavy atom. The molecule has 0 radical (unpaired) electrons. The van der Waals surface area contributed by atoms with Crippen molar-refractivity contribution < 1.29 is 8.95 Å². The number of nitrogens with one attached hydrogen (secondary N) is 1. The minimum atomic E-state index is -0.637. The van der Waals surface area contributed by atoms with E-state index >= 15 is 0 Å². The van der Waals surface area contributed by atoms with E-state index in [1.807, 2.05) is 6.92 Å². The number of rotatable bonds is 5. The molecule has 1 heterocycles. The Morgan fingerprint density at radius 2 is 2.19 bits per heavy atom. The molecule has 0 saturated carbocycles. The molecule has 0 atom stereocenters. The smallest absolute Gasteiger partial charge is 0.168 e. The number of ether oxygens (including phenoxy) is 1. The Labute approximate surface area is 105 Å². The molecule has 1 fully saturated rings. The molecule has 1 N–H and O–H groups in total. The molecule has 1 aliphatic heterocycles. The molecule has 0 bridgehead atoms. The van der Waals surface area contributed by atoms with Gasteiger partial charge in [0.2, 0.25) is 0 Å². The van der Waals surface area contributed by atoms with E-state index in [1.54, 1.807) is 0 Å². The molecule has 0 spiro atoms. The highest BCUT2D eigenvalue weighted by atomic mass is 32.2. The van der Waals surface area contributed by atoms with Crippen molar-refractivity contribution in [3.63, 3.8) is 0 Å². The van der Waals surface area contributed by atoms with Gasteiger partial charge in [0.1, 0.15) is 0 Å². The zero-order valence-corrected chi connectivity index (χ0v) is 11.4. The summed E-state index contributed by atoms with van der Waals surface area (Å²) in [5, 5.41) is 3.99. The summed E-state index contributed by atoms with van der Waals surface area (Å²) in [5.41, 5.74) is 0. The average Bonchev–Trinajstić information content (AvgIpc) is 2.29. The van der Waals surface area contributed by atoms with Gasteiger partial charge in [-0.1, -0.05) is 0 Å². The maximum atomic E-state index is 11.2. The van der Waals surface area contributed by atoms with Crippen LogP contribution in [-0.4, -0.2) is 58.6 Å². The van der Waals surface area contributed by atoms with Crippen LogP contribution in [0.1, 0.15) is 13.3 Å². The van der Waals surface area contributed by atoms with Crippen molar-refractivity contribution in [2.45, 2.75) is 13.3 Å². The standard InChI is InChI=1S/C10H20N2O2S2/c1-2-14-7-3-4-11-10(15)12-5-8-16(13)9-6-12/h2-9H2,1H3,(H,11,15).